The summed E-state index contributed by atoms with van der Waals surface area (Å²) in [5.41, 5.74) is 3.47. The van der Waals surface area contributed by atoms with Crippen LogP contribution < -0.4 is 23.7 Å². The fourth-order valence-corrected chi connectivity index (χ4v) is 4.72. The number of rotatable bonds is 9. The molecule has 0 saturated heterocycles. The summed E-state index contributed by atoms with van der Waals surface area (Å²) in [4.78, 5) is 0. The number of hydrogen-bond acceptors (Lipinski definition) is 6. The molecule has 0 fully saturated rings. The molecule has 0 aliphatic carbocycles. The number of hydrogen-bond donors (Lipinski definition) is 1. The molecule has 1 aliphatic heterocycles. The van der Waals surface area contributed by atoms with Gasteiger partial charge in [0.05, 0.1) is 55.7 Å². The van der Waals surface area contributed by atoms with Crippen LogP contribution in [0.4, 0.5) is 0 Å². The van der Waals surface area contributed by atoms with Crippen molar-refractivity contribution in [2.24, 2.45) is 0 Å². The van der Waals surface area contributed by atoms with Crippen LogP contribution in [0, 0.1) is 0 Å². The standard InChI is InChI=1S/C24H34NO6/c1-25(9-7-11-26)10-8-16-12-19(27-2)20(28-3)15-18(16)23(25)17-13-21(29-4)24(31-6)22(14-17)30-5/h12-15,23,26H,7-11H2,1-6H3/q+1/t23-,25+/m0/s1. The summed E-state index contributed by atoms with van der Waals surface area (Å²) in [6.45, 7) is 1.93. The zero-order valence-corrected chi connectivity index (χ0v) is 19.4. The van der Waals surface area contributed by atoms with Crippen LogP contribution in [0.1, 0.15) is 29.2 Å². The van der Waals surface area contributed by atoms with Crippen molar-refractivity contribution in [2.75, 3.05) is 62.3 Å². The molecular formula is C24H34NO6+. The lowest BCUT2D eigenvalue weighted by atomic mass is 9.85. The number of ether oxygens (including phenoxy) is 5. The monoisotopic (exact) mass is 432 g/mol. The minimum absolute atomic E-state index is 0.00353. The van der Waals surface area contributed by atoms with Gasteiger partial charge in [0, 0.05) is 30.6 Å². The Balaban J connectivity index is 2.25. The average molecular weight is 433 g/mol. The lowest BCUT2D eigenvalue weighted by Crippen LogP contribution is -2.52. The van der Waals surface area contributed by atoms with Crippen LogP contribution >= 0.6 is 0 Å². The largest absolute Gasteiger partial charge is 0.493 e. The number of methoxy groups -OCH3 is 5. The van der Waals surface area contributed by atoms with Crippen LogP contribution in [-0.4, -0.2) is 71.9 Å². The van der Waals surface area contributed by atoms with E-state index in [0.717, 1.165) is 41.7 Å². The molecule has 1 aliphatic rings. The normalized spacial score (nSPS) is 20.0. The Kier molecular flexibility index (Phi) is 7.18. The highest BCUT2D eigenvalue weighted by Crippen LogP contribution is 2.48. The van der Waals surface area contributed by atoms with E-state index in [9.17, 15) is 5.11 Å². The Hall–Kier alpha value is -2.64. The van der Waals surface area contributed by atoms with Gasteiger partial charge in [-0.05, 0) is 29.8 Å². The molecule has 7 nitrogen and oxygen atoms in total. The first kappa shape index (κ1) is 23.0. The van der Waals surface area contributed by atoms with Crippen molar-refractivity contribution in [3.05, 3.63) is 41.0 Å². The molecule has 2 atom stereocenters. The maximum Gasteiger partial charge on any atom is 0.203 e. The molecule has 1 heterocycles. The van der Waals surface area contributed by atoms with Crippen LogP contribution in [0.5, 0.6) is 28.7 Å². The van der Waals surface area contributed by atoms with Gasteiger partial charge in [-0.25, -0.2) is 0 Å². The van der Waals surface area contributed by atoms with Crippen LogP contribution in [0.2, 0.25) is 0 Å². The number of quaternary nitrogens is 1. The summed E-state index contributed by atoms with van der Waals surface area (Å²) in [6, 6.07) is 8.20. The second-order valence-electron chi connectivity index (χ2n) is 8.02. The van der Waals surface area contributed by atoms with E-state index in [4.69, 9.17) is 23.7 Å². The number of aliphatic hydroxyl groups excluding tert-OH is 1. The van der Waals surface area contributed by atoms with Crippen LogP contribution in [0.3, 0.4) is 0 Å². The molecule has 0 bridgehead atoms. The van der Waals surface area contributed by atoms with Crippen LogP contribution in [-0.2, 0) is 6.42 Å². The predicted molar refractivity (Wildman–Crippen MR) is 119 cm³/mol. The molecule has 0 unspecified atom stereocenters. The Labute approximate surface area is 184 Å². The van der Waals surface area contributed by atoms with Crippen molar-refractivity contribution in [3.63, 3.8) is 0 Å². The minimum atomic E-state index is 0.00353. The molecule has 0 amide bonds. The van der Waals surface area contributed by atoms with E-state index < -0.39 is 0 Å². The summed E-state index contributed by atoms with van der Waals surface area (Å²) < 4.78 is 28.7. The number of aliphatic hydroxyl groups is 1. The van der Waals surface area contributed by atoms with Gasteiger partial charge in [0.1, 0.15) is 6.04 Å². The zero-order chi connectivity index (χ0) is 22.6. The fraction of sp³-hybridized carbons (Fsp3) is 0.500. The molecule has 0 radical (unpaired) electrons. The second-order valence-corrected chi connectivity index (χ2v) is 8.02. The summed E-state index contributed by atoms with van der Waals surface area (Å²) in [5, 5.41) is 9.54. The van der Waals surface area contributed by atoms with E-state index in [-0.39, 0.29) is 12.6 Å². The van der Waals surface area contributed by atoms with Gasteiger partial charge in [0.25, 0.3) is 0 Å². The van der Waals surface area contributed by atoms with Crippen LogP contribution in [0.15, 0.2) is 24.3 Å². The van der Waals surface area contributed by atoms with Gasteiger partial charge in [0.15, 0.2) is 23.0 Å². The maximum atomic E-state index is 9.54. The lowest BCUT2D eigenvalue weighted by molar-refractivity contribution is -0.935. The van der Waals surface area contributed by atoms with Gasteiger partial charge in [-0.2, -0.15) is 0 Å². The Bertz CT molecular complexity index is 890. The van der Waals surface area contributed by atoms with E-state index in [1.807, 2.05) is 12.1 Å². The van der Waals surface area contributed by atoms with Crippen molar-refractivity contribution in [1.29, 1.82) is 0 Å². The van der Waals surface area contributed by atoms with E-state index in [1.54, 1.807) is 35.5 Å². The molecule has 0 spiro atoms. The summed E-state index contributed by atoms with van der Waals surface area (Å²) >= 11 is 0. The molecule has 1 N–H and O–H groups in total. The van der Waals surface area contributed by atoms with Gasteiger partial charge in [-0.15, -0.1) is 0 Å². The van der Waals surface area contributed by atoms with Crippen LogP contribution in [0.25, 0.3) is 0 Å². The summed E-state index contributed by atoms with van der Waals surface area (Å²) in [7, 11) is 10.4. The maximum absolute atomic E-state index is 9.54. The van der Waals surface area contributed by atoms with Crippen molar-refractivity contribution in [2.45, 2.75) is 18.9 Å². The van der Waals surface area contributed by atoms with Crippen molar-refractivity contribution >= 4 is 0 Å². The van der Waals surface area contributed by atoms with Gasteiger partial charge >= 0.3 is 0 Å². The molecule has 0 aromatic heterocycles. The molecule has 3 rings (SSSR count). The zero-order valence-electron chi connectivity index (χ0n) is 19.4. The Morgan fingerprint density at radius 1 is 0.839 bits per heavy atom. The molecule has 2 aromatic rings. The summed E-state index contributed by atoms with van der Waals surface area (Å²) in [6.07, 6.45) is 1.64. The third kappa shape index (κ3) is 4.25. The van der Waals surface area contributed by atoms with E-state index in [0.29, 0.717) is 23.0 Å². The van der Waals surface area contributed by atoms with Gasteiger partial charge in [-0.1, -0.05) is 0 Å². The number of benzene rings is 2. The first-order valence-corrected chi connectivity index (χ1v) is 10.5. The molecule has 2 aromatic carbocycles. The van der Waals surface area contributed by atoms with Gasteiger partial charge < -0.3 is 33.3 Å². The molecule has 7 heteroatoms. The molecular weight excluding hydrogens is 398 g/mol. The fourth-order valence-electron chi connectivity index (χ4n) is 4.72. The highest BCUT2D eigenvalue weighted by molar-refractivity contribution is 5.57. The smallest absolute Gasteiger partial charge is 0.203 e. The number of nitrogens with zero attached hydrogens (tertiary/aromatic N) is 1. The number of likely N-dealkylation sites (N-methyl/N-ethyl adjacent to an activating group) is 1. The summed E-state index contributed by atoms with van der Waals surface area (Å²) in [5.74, 6) is 3.25. The Morgan fingerprint density at radius 2 is 1.42 bits per heavy atom. The van der Waals surface area contributed by atoms with E-state index in [1.165, 1.54) is 11.1 Å². The predicted octanol–water partition coefficient (Wildman–Crippen LogP) is 3.20. The van der Waals surface area contributed by atoms with Gasteiger partial charge in [0.2, 0.25) is 5.75 Å². The Morgan fingerprint density at radius 3 is 1.94 bits per heavy atom. The van der Waals surface area contributed by atoms with Gasteiger partial charge in [-0.3, -0.25) is 0 Å². The molecule has 31 heavy (non-hydrogen) atoms. The highest BCUT2D eigenvalue weighted by atomic mass is 16.5. The lowest BCUT2D eigenvalue weighted by Gasteiger charge is -2.46. The minimum Gasteiger partial charge on any atom is -0.493 e. The van der Waals surface area contributed by atoms with E-state index in [2.05, 4.69) is 19.2 Å². The van der Waals surface area contributed by atoms with Crippen molar-refractivity contribution in [3.8, 4) is 28.7 Å². The first-order chi connectivity index (χ1) is 15.0. The third-order valence-electron chi connectivity index (χ3n) is 6.29. The molecule has 170 valence electrons. The topological polar surface area (TPSA) is 66.4 Å². The molecule has 0 saturated carbocycles. The second kappa shape index (κ2) is 9.66. The third-order valence-corrected chi connectivity index (χ3v) is 6.29. The highest BCUT2D eigenvalue weighted by Gasteiger charge is 2.41. The number of fused-ring (bicyclic) bond motifs is 1. The van der Waals surface area contributed by atoms with Crippen molar-refractivity contribution in [1.82, 2.24) is 0 Å². The first-order valence-electron chi connectivity index (χ1n) is 10.5. The van der Waals surface area contributed by atoms with E-state index >= 15 is 0 Å². The van der Waals surface area contributed by atoms with Crippen molar-refractivity contribution < 1.29 is 33.3 Å². The quantitative estimate of drug-likeness (QED) is 0.614. The SMILES string of the molecule is COc1cc2c(cc1OC)[C@H](c1cc(OC)c(OC)c(OC)c1)[N@+](C)(CCCO)CC2. The average Bonchev–Trinajstić information content (AvgIpc) is 2.80.